The van der Waals surface area contributed by atoms with Crippen LogP contribution in [0, 0.1) is 0 Å². The first-order valence-corrected chi connectivity index (χ1v) is 5.44. The molecule has 3 heteroatoms. The molecule has 0 aliphatic heterocycles. The lowest BCUT2D eigenvalue weighted by atomic mass is 9.82. The van der Waals surface area contributed by atoms with E-state index < -0.39 is 0 Å². The maximum Gasteiger partial charge on any atom is 0.302 e. The summed E-state index contributed by atoms with van der Waals surface area (Å²) in [4.78, 5) is 22.4. The van der Waals surface area contributed by atoms with Crippen LogP contribution in [0.25, 0.3) is 0 Å². The van der Waals surface area contributed by atoms with Gasteiger partial charge in [0, 0.05) is 24.8 Å². The minimum Gasteiger partial charge on any atom is -0.465 e. The van der Waals surface area contributed by atoms with Crippen molar-refractivity contribution in [3.05, 3.63) is 35.4 Å². The smallest absolute Gasteiger partial charge is 0.302 e. The van der Waals surface area contributed by atoms with E-state index in [2.05, 4.69) is 0 Å². The van der Waals surface area contributed by atoms with Crippen LogP contribution in [-0.4, -0.2) is 18.4 Å². The molecule has 1 unspecified atom stereocenters. The zero-order chi connectivity index (χ0) is 11.5. The molecular formula is C13H14O3. The van der Waals surface area contributed by atoms with Crippen LogP contribution in [0.5, 0.6) is 0 Å². The molecule has 2 rings (SSSR count). The summed E-state index contributed by atoms with van der Waals surface area (Å²) in [5, 5.41) is 0. The molecule has 1 aromatic rings. The molecule has 0 aromatic heterocycles. The normalized spacial score (nSPS) is 19.1. The van der Waals surface area contributed by atoms with Crippen molar-refractivity contribution in [2.75, 3.05) is 6.61 Å². The Labute approximate surface area is 94.4 Å². The molecule has 0 spiro atoms. The molecular weight excluding hydrogens is 204 g/mol. The van der Waals surface area contributed by atoms with Gasteiger partial charge in [0.15, 0.2) is 5.78 Å². The Morgan fingerprint density at radius 2 is 2.19 bits per heavy atom. The maximum absolute atomic E-state index is 11.7. The zero-order valence-corrected chi connectivity index (χ0v) is 9.23. The van der Waals surface area contributed by atoms with Crippen molar-refractivity contribution < 1.29 is 14.3 Å². The Morgan fingerprint density at radius 1 is 1.44 bits per heavy atom. The van der Waals surface area contributed by atoms with E-state index in [-0.39, 0.29) is 17.7 Å². The number of carbonyl (C=O) groups is 2. The molecule has 0 N–H and O–H groups in total. The van der Waals surface area contributed by atoms with Gasteiger partial charge in [-0.1, -0.05) is 24.3 Å². The third-order valence-electron chi connectivity index (χ3n) is 2.91. The van der Waals surface area contributed by atoms with Crippen molar-refractivity contribution in [2.45, 2.75) is 25.7 Å². The number of ether oxygens (including phenoxy) is 1. The Kier molecular flexibility index (Phi) is 3.04. The van der Waals surface area contributed by atoms with Crippen molar-refractivity contribution in [1.82, 2.24) is 0 Å². The highest BCUT2D eigenvalue weighted by atomic mass is 16.5. The van der Waals surface area contributed by atoms with E-state index in [1.54, 1.807) is 0 Å². The van der Waals surface area contributed by atoms with E-state index in [0.29, 0.717) is 13.0 Å². The lowest BCUT2D eigenvalue weighted by Gasteiger charge is -2.23. The van der Waals surface area contributed by atoms with Gasteiger partial charge in [-0.2, -0.15) is 0 Å². The molecule has 0 heterocycles. The first-order chi connectivity index (χ1) is 7.68. The topological polar surface area (TPSA) is 43.4 Å². The van der Waals surface area contributed by atoms with Gasteiger partial charge in [-0.05, 0) is 12.0 Å². The molecule has 3 nitrogen and oxygen atoms in total. The number of hydrogen-bond donors (Lipinski definition) is 0. The highest BCUT2D eigenvalue weighted by molar-refractivity contribution is 5.98. The molecule has 1 atom stereocenters. The molecule has 0 saturated carbocycles. The second-order valence-electron chi connectivity index (χ2n) is 4.05. The van der Waals surface area contributed by atoms with Gasteiger partial charge in [-0.15, -0.1) is 0 Å². The van der Waals surface area contributed by atoms with E-state index in [1.807, 2.05) is 24.3 Å². The molecule has 0 bridgehead atoms. The summed E-state index contributed by atoms with van der Waals surface area (Å²) in [7, 11) is 0. The van der Waals surface area contributed by atoms with Crippen molar-refractivity contribution in [3.63, 3.8) is 0 Å². The maximum atomic E-state index is 11.7. The molecule has 0 saturated heterocycles. The number of benzene rings is 1. The zero-order valence-electron chi connectivity index (χ0n) is 9.23. The first kappa shape index (κ1) is 10.9. The van der Waals surface area contributed by atoms with E-state index in [1.165, 1.54) is 6.92 Å². The van der Waals surface area contributed by atoms with E-state index in [0.717, 1.165) is 17.5 Å². The fourth-order valence-corrected chi connectivity index (χ4v) is 2.09. The van der Waals surface area contributed by atoms with Crippen LogP contribution in [0.15, 0.2) is 24.3 Å². The summed E-state index contributed by atoms with van der Waals surface area (Å²) in [5.41, 5.74) is 1.80. The van der Waals surface area contributed by atoms with Gasteiger partial charge >= 0.3 is 5.97 Å². The highest BCUT2D eigenvalue weighted by Gasteiger charge is 2.25. The van der Waals surface area contributed by atoms with Crippen LogP contribution in [0.1, 0.15) is 41.6 Å². The molecule has 84 valence electrons. The number of rotatable bonds is 2. The number of ketones is 1. The molecule has 1 aliphatic rings. The fraction of sp³-hybridized carbons (Fsp3) is 0.385. The fourth-order valence-electron chi connectivity index (χ4n) is 2.09. The summed E-state index contributed by atoms with van der Waals surface area (Å²) < 4.78 is 5.02. The third kappa shape index (κ3) is 2.13. The van der Waals surface area contributed by atoms with Gasteiger partial charge in [0.25, 0.3) is 0 Å². The van der Waals surface area contributed by atoms with Gasteiger partial charge in [-0.3, -0.25) is 9.59 Å². The predicted octanol–water partition coefficient (Wildman–Crippen LogP) is 2.31. The summed E-state index contributed by atoms with van der Waals surface area (Å²) in [5.74, 6) is 0.0851. The van der Waals surface area contributed by atoms with Gasteiger partial charge in [0.05, 0.1) is 6.61 Å². The quantitative estimate of drug-likeness (QED) is 0.715. The lowest BCUT2D eigenvalue weighted by Crippen LogP contribution is -2.20. The molecule has 0 amide bonds. The average Bonchev–Trinajstić information content (AvgIpc) is 2.28. The number of carbonyl (C=O) groups excluding carboxylic acids is 2. The van der Waals surface area contributed by atoms with E-state index in [9.17, 15) is 9.59 Å². The highest BCUT2D eigenvalue weighted by Crippen LogP contribution is 2.31. The van der Waals surface area contributed by atoms with Crippen LogP contribution in [-0.2, 0) is 9.53 Å². The van der Waals surface area contributed by atoms with Crippen LogP contribution in [0.4, 0.5) is 0 Å². The summed E-state index contributed by atoms with van der Waals surface area (Å²) in [6.45, 7) is 1.78. The van der Waals surface area contributed by atoms with Crippen LogP contribution < -0.4 is 0 Å². The van der Waals surface area contributed by atoms with Gasteiger partial charge in [0.2, 0.25) is 0 Å². The lowest BCUT2D eigenvalue weighted by molar-refractivity contribution is -0.141. The van der Waals surface area contributed by atoms with E-state index >= 15 is 0 Å². The van der Waals surface area contributed by atoms with Crippen LogP contribution in [0.3, 0.4) is 0 Å². The predicted molar refractivity (Wildman–Crippen MR) is 59.4 cm³/mol. The standard InChI is InChI=1S/C13H14O3/c1-9(14)16-8-10-6-7-13(15)12-5-3-2-4-11(10)12/h2-5,10H,6-8H2,1H3. The number of Topliss-reactive ketones (excluding diaryl/α,β-unsaturated/α-hetero) is 1. The SMILES string of the molecule is CC(=O)OCC1CCC(=O)c2ccccc21. The summed E-state index contributed by atoms with van der Waals surface area (Å²) >= 11 is 0. The second kappa shape index (κ2) is 4.47. The number of fused-ring (bicyclic) bond motifs is 1. The summed E-state index contributed by atoms with van der Waals surface area (Å²) in [6, 6.07) is 7.57. The minimum absolute atomic E-state index is 0.165. The Morgan fingerprint density at radius 3 is 2.94 bits per heavy atom. The molecule has 0 fully saturated rings. The van der Waals surface area contributed by atoms with Crippen molar-refractivity contribution in [3.8, 4) is 0 Å². The molecule has 16 heavy (non-hydrogen) atoms. The second-order valence-corrected chi connectivity index (χ2v) is 4.05. The van der Waals surface area contributed by atoms with Crippen molar-refractivity contribution in [1.29, 1.82) is 0 Å². The minimum atomic E-state index is -0.269. The van der Waals surface area contributed by atoms with Crippen LogP contribution >= 0.6 is 0 Å². The van der Waals surface area contributed by atoms with Crippen LogP contribution in [0.2, 0.25) is 0 Å². The molecule has 1 aromatic carbocycles. The third-order valence-corrected chi connectivity index (χ3v) is 2.91. The Balaban J connectivity index is 2.21. The van der Waals surface area contributed by atoms with E-state index in [4.69, 9.17) is 4.74 Å². The monoisotopic (exact) mass is 218 g/mol. The van der Waals surface area contributed by atoms with Crippen molar-refractivity contribution in [2.24, 2.45) is 0 Å². The molecule has 0 radical (unpaired) electrons. The average molecular weight is 218 g/mol. The van der Waals surface area contributed by atoms with Gasteiger partial charge < -0.3 is 4.74 Å². The summed E-state index contributed by atoms with van der Waals surface area (Å²) in [6.07, 6.45) is 1.31. The number of esters is 1. The van der Waals surface area contributed by atoms with Crippen molar-refractivity contribution >= 4 is 11.8 Å². The van der Waals surface area contributed by atoms with Gasteiger partial charge in [-0.25, -0.2) is 0 Å². The molecule has 1 aliphatic carbocycles. The van der Waals surface area contributed by atoms with Gasteiger partial charge in [0.1, 0.15) is 0 Å². The largest absolute Gasteiger partial charge is 0.465 e. The first-order valence-electron chi connectivity index (χ1n) is 5.44. The number of hydrogen-bond acceptors (Lipinski definition) is 3. The Hall–Kier alpha value is -1.64. The Bertz CT molecular complexity index is 423.